The largest absolute Gasteiger partial charge is 0.385 e. The van der Waals surface area contributed by atoms with E-state index in [4.69, 9.17) is 4.74 Å². The number of likely N-dealkylation sites (N-methyl/N-ethyl adjacent to an activating group) is 1. The van der Waals surface area contributed by atoms with Gasteiger partial charge in [-0.25, -0.2) is 9.38 Å². The third kappa shape index (κ3) is 11.0. The number of rotatable bonds is 10. The zero-order chi connectivity index (χ0) is 17.8. The second-order valence-electron chi connectivity index (χ2n) is 5.51. The van der Waals surface area contributed by atoms with Crippen LogP contribution in [0.4, 0.5) is 4.39 Å². The Labute approximate surface area is 175 Å². The minimum atomic E-state index is -0.248. The fourth-order valence-corrected chi connectivity index (χ4v) is 2.44. The van der Waals surface area contributed by atoms with Crippen molar-refractivity contribution in [3.8, 4) is 0 Å². The van der Waals surface area contributed by atoms with Gasteiger partial charge in [0.05, 0.1) is 6.54 Å². The fourth-order valence-electron chi connectivity index (χ4n) is 2.11. The smallest absolute Gasteiger partial charge is 0.191 e. The first-order valence-corrected chi connectivity index (χ1v) is 8.99. The van der Waals surface area contributed by atoms with Crippen LogP contribution in [-0.2, 0) is 11.3 Å². The van der Waals surface area contributed by atoms with Gasteiger partial charge in [-0.05, 0) is 32.5 Å². The third-order valence-electron chi connectivity index (χ3n) is 3.44. The molecule has 0 aromatic heterocycles. The highest BCUT2D eigenvalue weighted by Crippen LogP contribution is 2.15. The number of nitrogens with one attached hydrogen (secondary N) is 2. The first-order chi connectivity index (χ1) is 11.6. The van der Waals surface area contributed by atoms with Crippen LogP contribution in [0.15, 0.2) is 27.7 Å². The number of hydrogen-bond donors (Lipinski definition) is 2. The van der Waals surface area contributed by atoms with Crippen LogP contribution in [0.2, 0.25) is 0 Å². The van der Waals surface area contributed by atoms with E-state index in [2.05, 4.69) is 43.5 Å². The lowest BCUT2D eigenvalue weighted by Crippen LogP contribution is -2.41. The van der Waals surface area contributed by atoms with Crippen LogP contribution >= 0.6 is 39.9 Å². The van der Waals surface area contributed by atoms with Crippen molar-refractivity contribution in [2.45, 2.75) is 19.9 Å². The maximum Gasteiger partial charge on any atom is 0.191 e. The van der Waals surface area contributed by atoms with Crippen LogP contribution in [0.1, 0.15) is 18.9 Å². The second-order valence-corrected chi connectivity index (χ2v) is 6.42. The Morgan fingerprint density at radius 3 is 2.72 bits per heavy atom. The molecule has 0 atom stereocenters. The summed E-state index contributed by atoms with van der Waals surface area (Å²) in [6, 6.07) is 5.03. The molecule has 5 nitrogen and oxygen atoms in total. The van der Waals surface area contributed by atoms with E-state index in [9.17, 15) is 4.39 Å². The zero-order valence-electron chi connectivity index (χ0n) is 15.1. The molecule has 0 heterocycles. The van der Waals surface area contributed by atoms with Crippen molar-refractivity contribution in [1.82, 2.24) is 15.5 Å². The van der Waals surface area contributed by atoms with Gasteiger partial charge in [-0.2, -0.15) is 0 Å². The van der Waals surface area contributed by atoms with Crippen molar-refractivity contribution in [1.29, 1.82) is 0 Å². The highest BCUT2D eigenvalue weighted by atomic mass is 127. The first kappa shape index (κ1) is 24.6. The summed E-state index contributed by atoms with van der Waals surface area (Å²) < 4.78 is 19.6. The van der Waals surface area contributed by atoms with E-state index >= 15 is 0 Å². The van der Waals surface area contributed by atoms with Gasteiger partial charge < -0.3 is 20.3 Å². The topological polar surface area (TPSA) is 48.9 Å². The Bertz CT molecular complexity index is 519. The predicted octanol–water partition coefficient (Wildman–Crippen LogP) is 3.23. The number of guanidine groups is 1. The number of methoxy groups -OCH3 is 1. The third-order valence-corrected chi connectivity index (χ3v) is 3.93. The van der Waals surface area contributed by atoms with Crippen LogP contribution in [0.25, 0.3) is 0 Å². The molecule has 0 bridgehead atoms. The molecule has 0 unspecified atom stereocenters. The van der Waals surface area contributed by atoms with E-state index in [1.54, 1.807) is 13.2 Å². The van der Waals surface area contributed by atoms with Crippen molar-refractivity contribution >= 4 is 45.9 Å². The van der Waals surface area contributed by atoms with Crippen LogP contribution in [-0.4, -0.2) is 57.8 Å². The number of halogens is 3. The summed E-state index contributed by atoms with van der Waals surface area (Å²) >= 11 is 3.26. The molecule has 144 valence electrons. The van der Waals surface area contributed by atoms with E-state index in [0.717, 1.165) is 43.7 Å². The number of hydrogen-bond acceptors (Lipinski definition) is 3. The molecular weight excluding hydrogens is 502 g/mol. The fraction of sp³-hybridized carbons (Fsp3) is 0.588. The molecule has 0 aliphatic heterocycles. The van der Waals surface area contributed by atoms with Gasteiger partial charge in [-0.15, -0.1) is 24.0 Å². The molecule has 0 saturated heterocycles. The summed E-state index contributed by atoms with van der Waals surface area (Å²) in [5.74, 6) is 0.451. The maximum absolute atomic E-state index is 13.8. The summed E-state index contributed by atoms with van der Waals surface area (Å²) in [5.41, 5.74) is 0.576. The molecule has 0 fully saturated rings. The van der Waals surface area contributed by atoms with Gasteiger partial charge in [0.1, 0.15) is 5.82 Å². The van der Waals surface area contributed by atoms with Crippen molar-refractivity contribution in [3.05, 3.63) is 34.1 Å². The van der Waals surface area contributed by atoms with Gasteiger partial charge >= 0.3 is 0 Å². The van der Waals surface area contributed by atoms with E-state index in [-0.39, 0.29) is 29.8 Å². The highest BCUT2D eigenvalue weighted by Gasteiger charge is 2.04. The highest BCUT2D eigenvalue weighted by molar-refractivity contribution is 14.0. The summed E-state index contributed by atoms with van der Waals surface area (Å²) in [7, 11) is 3.80. The molecule has 0 amide bonds. The molecule has 0 spiro atoms. The number of aliphatic imine (C=N–C) groups is 1. The lowest BCUT2D eigenvalue weighted by molar-refractivity contribution is 0.180. The normalized spacial score (nSPS) is 11.4. The zero-order valence-corrected chi connectivity index (χ0v) is 19.1. The molecule has 1 aromatic carbocycles. The average molecular weight is 531 g/mol. The van der Waals surface area contributed by atoms with Crippen LogP contribution in [0.3, 0.4) is 0 Å². The van der Waals surface area contributed by atoms with Gasteiger partial charge in [0.25, 0.3) is 0 Å². The molecule has 2 N–H and O–H groups in total. The second kappa shape index (κ2) is 14.7. The maximum atomic E-state index is 13.8. The van der Waals surface area contributed by atoms with E-state index in [1.807, 2.05) is 13.0 Å². The van der Waals surface area contributed by atoms with Crippen molar-refractivity contribution < 1.29 is 9.13 Å². The lowest BCUT2D eigenvalue weighted by atomic mass is 10.2. The lowest BCUT2D eigenvalue weighted by Gasteiger charge is -2.18. The van der Waals surface area contributed by atoms with E-state index in [0.29, 0.717) is 18.1 Å². The first-order valence-electron chi connectivity index (χ1n) is 8.20. The molecule has 0 aliphatic rings. The van der Waals surface area contributed by atoms with Crippen molar-refractivity contribution in [2.24, 2.45) is 4.99 Å². The summed E-state index contributed by atoms with van der Waals surface area (Å²) in [4.78, 5) is 6.69. The summed E-state index contributed by atoms with van der Waals surface area (Å²) in [5, 5.41) is 6.46. The molecule has 8 heteroatoms. The Balaban J connectivity index is 0.00000576. The standard InChI is InChI=1S/C17H28BrFN4O.HI/c1-4-20-17(21-8-10-23(2)9-5-11-24-3)22-13-14-6-7-15(18)12-16(14)19;/h6-7,12H,4-5,8-11,13H2,1-3H3,(H2,20,21,22);1H. The van der Waals surface area contributed by atoms with E-state index in [1.165, 1.54) is 6.07 Å². The van der Waals surface area contributed by atoms with Gasteiger partial charge in [0.15, 0.2) is 5.96 Å². The summed E-state index contributed by atoms with van der Waals surface area (Å²) in [6.07, 6.45) is 1.02. The molecular formula is C17H29BrFIN4O. The van der Waals surface area contributed by atoms with Gasteiger partial charge in [-0.3, -0.25) is 0 Å². The summed E-state index contributed by atoms with van der Waals surface area (Å²) in [6.45, 7) is 6.53. The minimum Gasteiger partial charge on any atom is -0.385 e. The van der Waals surface area contributed by atoms with Gasteiger partial charge in [0.2, 0.25) is 0 Å². The Kier molecular flexibility index (Phi) is 14.4. The Morgan fingerprint density at radius 2 is 2.08 bits per heavy atom. The number of ether oxygens (including phenoxy) is 1. The Hall–Kier alpha value is -0.450. The van der Waals surface area contributed by atoms with E-state index < -0.39 is 0 Å². The quantitative estimate of drug-likeness (QED) is 0.211. The van der Waals surface area contributed by atoms with Gasteiger partial charge in [-0.1, -0.05) is 22.0 Å². The number of benzene rings is 1. The Morgan fingerprint density at radius 1 is 1.32 bits per heavy atom. The van der Waals surface area contributed by atoms with Crippen LogP contribution in [0.5, 0.6) is 0 Å². The molecule has 0 radical (unpaired) electrons. The number of nitrogens with zero attached hydrogens (tertiary/aromatic N) is 2. The molecule has 1 aromatic rings. The SMILES string of the molecule is CCNC(=NCc1ccc(Br)cc1F)NCCN(C)CCCOC.I. The van der Waals surface area contributed by atoms with Gasteiger partial charge in [0, 0.05) is 49.9 Å². The van der Waals surface area contributed by atoms with Crippen molar-refractivity contribution in [2.75, 3.05) is 46.9 Å². The van der Waals surface area contributed by atoms with Crippen LogP contribution < -0.4 is 10.6 Å². The molecule has 0 aliphatic carbocycles. The molecule has 1 rings (SSSR count). The molecule has 0 saturated carbocycles. The molecule has 25 heavy (non-hydrogen) atoms. The predicted molar refractivity (Wildman–Crippen MR) is 116 cm³/mol. The van der Waals surface area contributed by atoms with Crippen molar-refractivity contribution in [3.63, 3.8) is 0 Å². The minimum absolute atomic E-state index is 0. The van der Waals surface area contributed by atoms with Crippen LogP contribution in [0, 0.1) is 5.82 Å². The monoisotopic (exact) mass is 530 g/mol. The average Bonchev–Trinajstić information content (AvgIpc) is 2.54.